The van der Waals surface area contributed by atoms with E-state index in [4.69, 9.17) is 5.73 Å². The third kappa shape index (κ3) is 20.0. The summed E-state index contributed by atoms with van der Waals surface area (Å²) in [7, 11) is 2.70. The highest BCUT2D eigenvalue weighted by atomic mass is 79.9. The number of carbonyl (C=O) groups is 3. The molecular weight excluding hydrogens is 480 g/mol. The standard InChI is InChI=1S/C8H8N2.C5H6N2.C3H5BrO.2C3H6O2/c1-7-6-10-5-3-2-4-8(10)9-7;6-5-3-1-2-4-7-5;1-3(5)2-4;2*1-3(4)5-2/h2-6H,1H3;1-4H,(H2,6,7);2H2,1H3;2*1-2H3. The Morgan fingerprint density at radius 3 is 1.81 bits per heavy atom. The minimum atomic E-state index is -0.245. The number of nitrogen functional groups attached to an aromatic ring is 1. The van der Waals surface area contributed by atoms with Crippen LogP contribution in [0.2, 0.25) is 0 Å². The van der Waals surface area contributed by atoms with Gasteiger partial charge in [-0.3, -0.25) is 14.4 Å². The summed E-state index contributed by atoms with van der Waals surface area (Å²) in [6.07, 6.45) is 5.67. The van der Waals surface area contributed by atoms with Gasteiger partial charge in [0.15, 0.2) is 0 Å². The molecule has 0 aliphatic heterocycles. The Labute approximate surface area is 197 Å². The second kappa shape index (κ2) is 19.7. The molecule has 0 aromatic carbocycles. The zero-order chi connectivity index (χ0) is 24.9. The maximum atomic E-state index is 9.77. The van der Waals surface area contributed by atoms with Crippen molar-refractivity contribution in [2.45, 2.75) is 27.7 Å². The molecule has 0 amide bonds. The average Bonchev–Trinajstić information content (AvgIpc) is 3.16. The lowest BCUT2D eigenvalue weighted by molar-refractivity contribution is -0.138. The van der Waals surface area contributed by atoms with E-state index in [-0.39, 0.29) is 17.7 Å². The number of fused-ring (bicyclic) bond motifs is 1. The summed E-state index contributed by atoms with van der Waals surface area (Å²) < 4.78 is 10.2. The minimum absolute atomic E-state index is 0.171. The van der Waals surface area contributed by atoms with Gasteiger partial charge in [0.2, 0.25) is 0 Å². The van der Waals surface area contributed by atoms with Gasteiger partial charge in [0.25, 0.3) is 0 Å². The Morgan fingerprint density at radius 1 is 1.00 bits per heavy atom. The Hall–Kier alpha value is -3.27. The molecule has 3 aromatic heterocycles. The number of rotatable bonds is 1. The molecule has 0 spiro atoms. The Kier molecular flexibility index (Phi) is 19.0. The summed E-state index contributed by atoms with van der Waals surface area (Å²) in [6, 6.07) is 11.4. The lowest BCUT2D eigenvalue weighted by Gasteiger charge is -1.86. The number of esters is 2. The van der Waals surface area contributed by atoms with Crippen LogP contribution in [-0.2, 0) is 23.9 Å². The second-order valence-corrected chi connectivity index (χ2v) is 6.39. The maximum absolute atomic E-state index is 9.77. The molecule has 0 radical (unpaired) electrons. The molecule has 0 unspecified atom stereocenters. The number of ketones is 1. The molecule has 0 saturated heterocycles. The number of carbonyl (C=O) groups excluding carboxylic acids is 3. The molecule has 3 rings (SSSR count). The third-order valence-corrected chi connectivity index (χ3v) is 3.72. The van der Waals surface area contributed by atoms with E-state index in [9.17, 15) is 14.4 Å². The molecule has 0 aliphatic carbocycles. The highest BCUT2D eigenvalue weighted by Crippen LogP contribution is 2.01. The number of methoxy groups -OCH3 is 2. The largest absolute Gasteiger partial charge is 0.469 e. The summed E-state index contributed by atoms with van der Waals surface area (Å²) >= 11 is 2.96. The zero-order valence-corrected chi connectivity index (χ0v) is 20.8. The van der Waals surface area contributed by atoms with Gasteiger partial charge in [0.1, 0.15) is 17.2 Å². The van der Waals surface area contributed by atoms with Gasteiger partial charge in [-0.1, -0.05) is 28.1 Å². The van der Waals surface area contributed by atoms with Crippen molar-refractivity contribution in [3.8, 4) is 0 Å². The quantitative estimate of drug-likeness (QED) is 0.388. The minimum Gasteiger partial charge on any atom is -0.469 e. The first-order valence-electron chi connectivity index (χ1n) is 9.28. The van der Waals surface area contributed by atoms with Crippen molar-refractivity contribution in [3.63, 3.8) is 0 Å². The van der Waals surface area contributed by atoms with Crippen molar-refractivity contribution < 1.29 is 23.9 Å². The molecule has 3 aromatic rings. The number of pyridine rings is 2. The average molecular weight is 511 g/mol. The second-order valence-electron chi connectivity index (χ2n) is 5.83. The van der Waals surface area contributed by atoms with Gasteiger partial charge in [0.05, 0.1) is 25.2 Å². The van der Waals surface area contributed by atoms with E-state index >= 15 is 0 Å². The topological polar surface area (TPSA) is 126 Å². The van der Waals surface area contributed by atoms with E-state index in [1.54, 1.807) is 12.3 Å². The number of aromatic nitrogens is 3. The van der Waals surface area contributed by atoms with Crippen molar-refractivity contribution in [1.29, 1.82) is 0 Å². The SMILES string of the molecule is CC(=O)CBr.COC(C)=O.COC(C)=O.Cc1cn2ccccc2n1.Nc1ccccn1. The van der Waals surface area contributed by atoms with Crippen LogP contribution in [0.25, 0.3) is 5.65 Å². The Morgan fingerprint density at radius 2 is 1.50 bits per heavy atom. The first-order valence-corrected chi connectivity index (χ1v) is 10.4. The first-order chi connectivity index (χ1) is 15.1. The third-order valence-electron chi connectivity index (χ3n) is 2.94. The molecule has 2 N–H and O–H groups in total. The lowest BCUT2D eigenvalue weighted by atomic mass is 10.5. The number of halogens is 1. The van der Waals surface area contributed by atoms with Crippen molar-refractivity contribution >= 4 is 45.1 Å². The number of ether oxygens (including phenoxy) is 2. The molecule has 9 nitrogen and oxygen atoms in total. The summed E-state index contributed by atoms with van der Waals surface area (Å²) in [6.45, 7) is 6.25. The summed E-state index contributed by atoms with van der Waals surface area (Å²) in [4.78, 5) is 37.0. The van der Waals surface area contributed by atoms with Crippen LogP contribution >= 0.6 is 15.9 Å². The highest BCUT2D eigenvalue weighted by molar-refractivity contribution is 9.09. The van der Waals surface area contributed by atoms with Gasteiger partial charge < -0.3 is 19.6 Å². The van der Waals surface area contributed by atoms with Crippen molar-refractivity contribution in [2.75, 3.05) is 25.3 Å². The van der Waals surface area contributed by atoms with Crippen LogP contribution in [0.1, 0.15) is 26.5 Å². The molecule has 10 heteroatoms. The first kappa shape index (κ1) is 30.9. The van der Waals surface area contributed by atoms with Crippen LogP contribution in [0.4, 0.5) is 5.82 Å². The molecule has 0 atom stereocenters. The lowest BCUT2D eigenvalue weighted by Crippen LogP contribution is -1.88. The fourth-order valence-electron chi connectivity index (χ4n) is 1.44. The highest BCUT2D eigenvalue weighted by Gasteiger charge is 1.92. The van der Waals surface area contributed by atoms with Crippen molar-refractivity contribution in [1.82, 2.24) is 14.4 Å². The predicted octanol–water partition coefficient (Wildman–Crippen LogP) is 3.64. The van der Waals surface area contributed by atoms with E-state index in [1.807, 2.05) is 54.0 Å². The molecule has 0 bridgehead atoms. The number of hydrogen-bond donors (Lipinski definition) is 1. The van der Waals surface area contributed by atoms with Gasteiger partial charge >= 0.3 is 11.9 Å². The summed E-state index contributed by atoms with van der Waals surface area (Å²) in [5, 5.41) is 0.479. The number of nitrogens with two attached hydrogens (primary N) is 1. The van der Waals surface area contributed by atoms with Crippen molar-refractivity contribution in [2.24, 2.45) is 0 Å². The molecule has 3 heterocycles. The van der Waals surface area contributed by atoms with E-state index in [0.717, 1.165) is 11.3 Å². The Bertz CT molecular complexity index is 851. The number of imidazole rings is 1. The number of nitrogens with zero attached hydrogens (tertiary/aromatic N) is 3. The van der Waals surface area contributed by atoms with Crippen LogP contribution in [0.15, 0.2) is 55.0 Å². The monoisotopic (exact) mass is 510 g/mol. The van der Waals surface area contributed by atoms with Gasteiger partial charge in [-0.25, -0.2) is 9.97 Å². The number of alkyl halides is 1. The molecule has 176 valence electrons. The van der Waals surface area contributed by atoms with Gasteiger partial charge in [-0.2, -0.15) is 0 Å². The normalized spacial score (nSPS) is 8.47. The predicted molar refractivity (Wildman–Crippen MR) is 128 cm³/mol. The fraction of sp³-hybridized carbons (Fsp3) is 0.318. The maximum Gasteiger partial charge on any atom is 0.302 e. The van der Waals surface area contributed by atoms with E-state index in [0.29, 0.717) is 11.1 Å². The fourth-order valence-corrected chi connectivity index (χ4v) is 1.44. The summed E-state index contributed by atoms with van der Waals surface area (Å²) in [5.41, 5.74) is 7.32. The number of Topliss-reactive ketones (excluding diaryl/α,β-unsaturated/α-hetero) is 1. The molecule has 32 heavy (non-hydrogen) atoms. The van der Waals surface area contributed by atoms with E-state index in [2.05, 4.69) is 35.4 Å². The van der Waals surface area contributed by atoms with Crippen LogP contribution < -0.4 is 5.73 Å². The van der Waals surface area contributed by atoms with E-state index < -0.39 is 0 Å². The van der Waals surface area contributed by atoms with Crippen molar-refractivity contribution in [3.05, 3.63) is 60.7 Å². The molecule has 0 aliphatic rings. The molecule has 0 saturated carbocycles. The van der Waals surface area contributed by atoms with Gasteiger partial charge in [-0.15, -0.1) is 0 Å². The van der Waals surface area contributed by atoms with Crippen LogP contribution in [0, 0.1) is 6.92 Å². The molecular formula is C22H31BrN4O5. The Balaban J connectivity index is 0. The molecule has 0 fully saturated rings. The van der Waals surface area contributed by atoms with Gasteiger partial charge in [0, 0.05) is 32.4 Å². The smallest absolute Gasteiger partial charge is 0.302 e. The summed E-state index contributed by atoms with van der Waals surface area (Å²) in [5.74, 6) is 0.252. The number of hydrogen-bond acceptors (Lipinski definition) is 8. The van der Waals surface area contributed by atoms with Crippen LogP contribution in [-0.4, -0.2) is 51.6 Å². The zero-order valence-electron chi connectivity index (χ0n) is 19.2. The number of anilines is 1. The van der Waals surface area contributed by atoms with E-state index in [1.165, 1.54) is 35.0 Å². The van der Waals surface area contributed by atoms with Crippen LogP contribution in [0.3, 0.4) is 0 Å². The number of aryl methyl sites for hydroxylation is 1. The van der Waals surface area contributed by atoms with Crippen LogP contribution in [0.5, 0.6) is 0 Å². The van der Waals surface area contributed by atoms with Gasteiger partial charge in [-0.05, 0) is 38.1 Å².